The maximum Gasteiger partial charge on any atom is 0.274 e. The number of benzene rings is 2. The number of aromatic nitrogens is 3. The van der Waals surface area contributed by atoms with Crippen molar-refractivity contribution >= 4 is 34.0 Å². The van der Waals surface area contributed by atoms with Crippen LogP contribution in [0, 0.1) is 13.8 Å². The first-order valence-electron chi connectivity index (χ1n) is 8.93. The van der Waals surface area contributed by atoms with E-state index in [0.29, 0.717) is 17.3 Å². The number of pyridine rings is 1. The molecule has 0 spiro atoms. The number of anilines is 3. The van der Waals surface area contributed by atoms with E-state index < -0.39 is 0 Å². The van der Waals surface area contributed by atoms with Gasteiger partial charge in [-0.15, -0.1) is 0 Å². The monoisotopic (exact) mass is 369 g/mol. The Hall–Kier alpha value is -3.80. The molecule has 2 heterocycles. The zero-order valence-corrected chi connectivity index (χ0v) is 15.6. The van der Waals surface area contributed by atoms with Crippen molar-refractivity contribution in [1.82, 2.24) is 15.0 Å². The molecule has 0 fully saturated rings. The highest BCUT2D eigenvalue weighted by Crippen LogP contribution is 2.24. The van der Waals surface area contributed by atoms with E-state index in [1.807, 2.05) is 61.5 Å². The summed E-state index contributed by atoms with van der Waals surface area (Å²) < 4.78 is 0. The molecular weight excluding hydrogens is 350 g/mol. The molecule has 0 aliphatic carbocycles. The van der Waals surface area contributed by atoms with Crippen LogP contribution in [0.15, 0.2) is 66.9 Å². The van der Waals surface area contributed by atoms with E-state index in [-0.39, 0.29) is 5.91 Å². The number of aryl methyl sites for hydroxylation is 2. The van der Waals surface area contributed by atoms with Crippen LogP contribution >= 0.6 is 0 Å². The average Bonchev–Trinajstić information content (AvgIpc) is 2.68. The van der Waals surface area contributed by atoms with Gasteiger partial charge >= 0.3 is 0 Å². The topological polar surface area (TPSA) is 79.8 Å². The predicted octanol–water partition coefficient (Wildman–Crippen LogP) is 4.64. The molecule has 0 radical (unpaired) electrons. The minimum atomic E-state index is -0.282. The number of amides is 1. The summed E-state index contributed by atoms with van der Waals surface area (Å²) in [7, 11) is 0. The van der Waals surface area contributed by atoms with Gasteiger partial charge in [0, 0.05) is 23.3 Å². The normalized spacial score (nSPS) is 10.6. The molecule has 0 bridgehead atoms. The van der Waals surface area contributed by atoms with Crippen LogP contribution in [0.3, 0.4) is 0 Å². The Kier molecular flexibility index (Phi) is 4.68. The Morgan fingerprint density at radius 2 is 1.75 bits per heavy atom. The lowest BCUT2D eigenvalue weighted by atomic mass is 10.2. The Morgan fingerprint density at radius 3 is 2.61 bits per heavy atom. The van der Waals surface area contributed by atoms with E-state index >= 15 is 0 Å². The van der Waals surface area contributed by atoms with E-state index in [1.54, 1.807) is 19.2 Å². The maximum absolute atomic E-state index is 12.7. The Morgan fingerprint density at radius 1 is 0.929 bits per heavy atom. The quantitative estimate of drug-likeness (QED) is 0.548. The highest BCUT2D eigenvalue weighted by Gasteiger charge is 2.12. The number of nitrogens with one attached hydrogen (secondary N) is 2. The Labute approximate surface area is 162 Å². The number of hydrogen-bond donors (Lipinski definition) is 2. The first-order valence-corrected chi connectivity index (χ1v) is 8.93. The fraction of sp³-hybridized carbons (Fsp3) is 0.0909. The second kappa shape index (κ2) is 7.44. The lowest BCUT2D eigenvalue weighted by Crippen LogP contribution is -2.15. The van der Waals surface area contributed by atoms with Crippen LogP contribution in [0.25, 0.3) is 10.9 Å². The molecule has 2 N–H and O–H groups in total. The lowest BCUT2D eigenvalue weighted by Gasteiger charge is -2.11. The molecule has 0 aliphatic rings. The second-order valence-electron chi connectivity index (χ2n) is 6.51. The minimum Gasteiger partial charge on any atom is -0.338 e. The second-order valence-corrected chi connectivity index (χ2v) is 6.51. The van der Waals surface area contributed by atoms with E-state index in [2.05, 4.69) is 25.6 Å². The molecule has 0 atom stereocenters. The summed E-state index contributed by atoms with van der Waals surface area (Å²) in [6.07, 6.45) is 1.75. The van der Waals surface area contributed by atoms with Gasteiger partial charge in [-0.2, -0.15) is 0 Å². The average molecular weight is 369 g/mol. The summed E-state index contributed by atoms with van der Waals surface area (Å²) >= 11 is 0. The maximum atomic E-state index is 12.7. The van der Waals surface area contributed by atoms with Crippen molar-refractivity contribution in [2.75, 3.05) is 10.6 Å². The number of rotatable bonds is 4. The van der Waals surface area contributed by atoms with Crippen molar-refractivity contribution < 1.29 is 4.79 Å². The van der Waals surface area contributed by atoms with Crippen LogP contribution in [-0.2, 0) is 0 Å². The van der Waals surface area contributed by atoms with E-state index in [4.69, 9.17) is 0 Å². The molecule has 0 saturated heterocycles. The van der Waals surface area contributed by atoms with Gasteiger partial charge in [0.2, 0.25) is 0 Å². The van der Waals surface area contributed by atoms with Gasteiger partial charge in [0.1, 0.15) is 17.3 Å². The van der Waals surface area contributed by atoms with Gasteiger partial charge in [-0.25, -0.2) is 9.97 Å². The fourth-order valence-electron chi connectivity index (χ4n) is 3.01. The molecule has 1 amide bonds. The summed E-state index contributed by atoms with van der Waals surface area (Å²) in [5.41, 5.74) is 3.76. The van der Waals surface area contributed by atoms with Crippen LogP contribution in [0.4, 0.5) is 17.2 Å². The highest BCUT2D eigenvalue weighted by molar-refractivity contribution is 6.03. The van der Waals surface area contributed by atoms with Crippen molar-refractivity contribution in [3.05, 3.63) is 83.9 Å². The van der Waals surface area contributed by atoms with Crippen molar-refractivity contribution in [1.29, 1.82) is 0 Å². The number of para-hydroxylation sites is 1. The molecule has 6 heteroatoms. The van der Waals surface area contributed by atoms with Crippen LogP contribution in [0.2, 0.25) is 0 Å². The number of carbonyl (C=O) groups is 1. The molecule has 138 valence electrons. The largest absolute Gasteiger partial charge is 0.338 e. The SMILES string of the molecule is Cc1cccc(NC(=O)c2cc(Nc3cccc4cccnc34)nc(C)n2)c1. The van der Waals surface area contributed by atoms with E-state index in [1.165, 1.54) is 0 Å². The summed E-state index contributed by atoms with van der Waals surface area (Å²) in [6, 6.07) is 19.0. The molecule has 0 aliphatic heterocycles. The third-order valence-electron chi connectivity index (χ3n) is 4.24. The van der Waals surface area contributed by atoms with Gasteiger partial charge in [-0.05, 0) is 43.7 Å². The van der Waals surface area contributed by atoms with Crippen molar-refractivity contribution in [2.24, 2.45) is 0 Å². The number of nitrogens with zero attached hydrogens (tertiary/aromatic N) is 3. The van der Waals surface area contributed by atoms with Crippen LogP contribution < -0.4 is 10.6 Å². The molecule has 28 heavy (non-hydrogen) atoms. The van der Waals surface area contributed by atoms with E-state index in [9.17, 15) is 4.79 Å². The van der Waals surface area contributed by atoms with Gasteiger partial charge in [0.05, 0.1) is 11.2 Å². The van der Waals surface area contributed by atoms with Crippen molar-refractivity contribution in [3.8, 4) is 0 Å². The molecule has 4 rings (SSSR count). The summed E-state index contributed by atoms with van der Waals surface area (Å²) in [6.45, 7) is 3.74. The molecule has 2 aromatic carbocycles. The van der Waals surface area contributed by atoms with Crippen molar-refractivity contribution in [2.45, 2.75) is 13.8 Å². The molecular formula is C22H19N5O. The molecule has 4 aromatic rings. The molecule has 0 saturated carbocycles. The molecule has 0 unspecified atom stereocenters. The van der Waals surface area contributed by atoms with Crippen molar-refractivity contribution in [3.63, 3.8) is 0 Å². The Bertz CT molecular complexity index is 1170. The third kappa shape index (κ3) is 3.81. The lowest BCUT2D eigenvalue weighted by molar-refractivity contribution is 0.102. The molecule has 6 nitrogen and oxygen atoms in total. The van der Waals surface area contributed by atoms with Gasteiger partial charge in [0.25, 0.3) is 5.91 Å². The predicted molar refractivity (Wildman–Crippen MR) is 111 cm³/mol. The van der Waals surface area contributed by atoms with Crippen LogP contribution in [0.5, 0.6) is 0 Å². The Balaban J connectivity index is 1.62. The highest BCUT2D eigenvalue weighted by atomic mass is 16.1. The van der Waals surface area contributed by atoms with Gasteiger partial charge in [-0.3, -0.25) is 9.78 Å². The fourth-order valence-corrected chi connectivity index (χ4v) is 3.01. The number of hydrogen-bond acceptors (Lipinski definition) is 5. The molecule has 2 aromatic heterocycles. The van der Waals surface area contributed by atoms with Gasteiger partial charge in [-0.1, -0.05) is 30.3 Å². The van der Waals surface area contributed by atoms with Crippen LogP contribution in [0.1, 0.15) is 21.9 Å². The summed E-state index contributed by atoms with van der Waals surface area (Å²) in [5, 5.41) is 7.16. The summed E-state index contributed by atoms with van der Waals surface area (Å²) in [4.78, 5) is 25.8. The number of fused-ring (bicyclic) bond motifs is 1. The van der Waals surface area contributed by atoms with E-state index in [0.717, 1.165) is 27.8 Å². The zero-order valence-electron chi connectivity index (χ0n) is 15.6. The van der Waals surface area contributed by atoms with Gasteiger partial charge < -0.3 is 10.6 Å². The summed E-state index contributed by atoms with van der Waals surface area (Å²) in [5.74, 6) is 0.767. The smallest absolute Gasteiger partial charge is 0.274 e. The minimum absolute atomic E-state index is 0.282. The number of carbonyl (C=O) groups excluding carboxylic acids is 1. The first kappa shape index (κ1) is 17.6. The zero-order chi connectivity index (χ0) is 19.5. The third-order valence-corrected chi connectivity index (χ3v) is 4.24. The van der Waals surface area contributed by atoms with Gasteiger partial charge in [0.15, 0.2) is 0 Å². The first-order chi connectivity index (χ1) is 13.6. The standard InChI is InChI=1S/C22H19N5O/c1-14-6-3-9-17(12-14)26-22(28)19-13-20(25-15(2)24-19)27-18-10-4-7-16-8-5-11-23-21(16)18/h3-13H,1-2H3,(H,26,28)(H,24,25,27). The van der Waals surface area contributed by atoms with Crippen LogP contribution in [-0.4, -0.2) is 20.9 Å².